The van der Waals surface area contributed by atoms with E-state index in [0.717, 1.165) is 16.3 Å². The molecule has 0 spiro atoms. The van der Waals surface area contributed by atoms with Crippen LogP contribution in [0.3, 0.4) is 0 Å². The molecular formula is C22H18N2O3. The number of hydrogen-bond acceptors (Lipinski definition) is 4. The molecule has 1 amide bonds. The van der Waals surface area contributed by atoms with Gasteiger partial charge in [0.25, 0.3) is 5.91 Å². The maximum Gasteiger partial charge on any atom is 0.311 e. The standard InChI is InChI=1S/C22H18N2O3/c1-15(22(26)24-20-8-4-5-17(12-20)14-23)27-21(25)13-16-9-10-18-6-2-3-7-19(18)11-16/h2-12,15H,13H2,1H3,(H,24,26)/t15-/m0/s1. The number of benzene rings is 3. The van der Waals surface area contributed by atoms with Crippen LogP contribution in [0.4, 0.5) is 5.69 Å². The Morgan fingerprint density at radius 2 is 1.81 bits per heavy atom. The molecule has 5 nitrogen and oxygen atoms in total. The summed E-state index contributed by atoms with van der Waals surface area (Å²) in [6.45, 7) is 1.52. The van der Waals surface area contributed by atoms with Crippen molar-refractivity contribution >= 4 is 28.3 Å². The monoisotopic (exact) mass is 358 g/mol. The van der Waals surface area contributed by atoms with E-state index in [1.165, 1.54) is 6.92 Å². The first-order valence-corrected chi connectivity index (χ1v) is 8.53. The van der Waals surface area contributed by atoms with Crippen LogP contribution >= 0.6 is 0 Å². The maximum atomic E-state index is 12.2. The average Bonchev–Trinajstić information content (AvgIpc) is 2.67. The van der Waals surface area contributed by atoms with Gasteiger partial charge in [0.15, 0.2) is 6.10 Å². The van der Waals surface area contributed by atoms with Gasteiger partial charge >= 0.3 is 5.97 Å². The van der Waals surface area contributed by atoms with Gasteiger partial charge in [0.1, 0.15) is 0 Å². The topological polar surface area (TPSA) is 79.2 Å². The first kappa shape index (κ1) is 18.2. The van der Waals surface area contributed by atoms with Crippen LogP contribution in [0.5, 0.6) is 0 Å². The van der Waals surface area contributed by atoms with Gasteiger partial charge in [0.05, 0.1) is 18.1 Å². The van der Waals surface area contributed by atoms with Crippen molar-refractivity contribution in [2.24, 2.45) is 0 Å². The molecule has 0 radical (unpaired) electrons. The number of rotatable bonds is 5. The van der Waals surface area contributed by atoms with Gasteiger partial charge in [-0.25, -0.2) is 0 Å². The molecule has 0 unspecified atom stereocenters. The van der Waals surface area contributed by atoms with Crippen LogP contribution in [0.15, 0.2) is 66.7 Å². The summed E-state index contributed by atoms with van der Waals surface area (Å²) in [7, 11) is 0. The Labute approximate surface area is 157 Å². The second-order valence-corrected chi connectivity index (χ2v) is 6.17. The summed E-state index contributed by atoms with van der Waals surface area (Å²) >= 11 is 0. The van der Waals surface area contributed by atoms with E-state index in [9.17, 15) is 9.59 Å². The number of ether oxygens (including phenoxy) is 1. The number of carbonyl (C=O) groups is 2. The van der Waals surface area contributed by atoms with E-state index in [2.05, 4.69) is 5.32 Å². The number of hydrogen-bond donors (Lipinski definition) is 1. The van der Waals surface area contributed by atoms with Crippen molar-refractivity contribution in [1.29, 1.82) is 5.26 Å². The maximum absolute atomic E-state index is 12.2. The fourth-order valence-corrected chi connectivity index (χ4v) is 2.72. The molecule has 3 aromatic rings. The summed E-state index contributed by atoms with van der Waals surface area (Å²) < 4.78 is 5.24. The summed E-state index contributed by atoms with van der Waals surface area (Å²) in [4.78, 5) is 24.4. The third kappa shape index (κ3) is 4.71. The molecule has 134 valence electrons. The number of carbonyl (C=O) groups excluding carboxylic acids is 2. The van der Waals surface area contributed by atoms with Crippen molar-refractivity contribution in [3.8, 4) is 6.07 Å². The van der Waals surface area contributed by atoms with Crippen LogP contribution in [0, 0.1) is 11.3 Å². The van der Waals surface area contributed by atoms with Gasteiger partial charge in [-0.1, -0.05) is 48.5 Å². The minimum Gasteiger partial charge on any atom is -0.452 e. The van der Waals surface area contributed by atoms with Gasteiger partial charge in [-0.3, -0.25) is 9.59 Å². The Morgan fingerprint density at radius 3 is 2.59 bits per heavy atom. The first-order chi connectivity index (χ1) is 13.0. The minimum atomic E-state index is -0.941. The van der Waals surface area contributed by atoms with Crippen molar-refractivity contribution in [2.45, 2.75) is 19.4 Å². The minimum absolute atomic E-state index is 0.0897. The molecule has 5 heteroatoms. The highest BCUT2D eigenvalue weighted by molar-refractivity contribution is 5.95. The highest BCUT2D eigenvalue weighted by Gasteiger charge is 2.18. The molecule has 3 rings (SSSR count). The Balaban J connectivity index is 1.59. The zero-order chi connectivity index (χ0) is 19.2. The quantitative estimate of drug-likeness (QED) is 0.703. The lowest BCUT2D eigenvalue weighted by Crippen LogP contribution is -2.30. The Bertz CT molecular complexity index is 1040. The molecule has 27 heavy (non-hydrogen) atoms. The molecule has 0 bridgehead atoms. The molecule has 0 heterocycles. The number of nitrogens with zero attached hydrogens (tertiary/aromatic N) is 1. The highest BCUT2D eigenvalue weighted by atomic mass is 16.5. The molecule has 1 atom stereocenters. The van der Waals surface area contributed by atoms with Gasteiger partial charge < -0.3 is 10.1 Å². The zero-order valence-electron chi connectivity index (χ0n) is 14.8. The third-order valence-corrected chi connectivity index (χ3v) is 4.10. The lowest BCUT2D eigenvalue weighted by Gasteiger charge is -2.14. The van der Waals surface area contributed by atoms with Crippen LogP contribution in [-0.2, 0) is 20.7 Å². The summed E-state index contributed by atoms with van der Waals surface area (Å²) in [5, 5.41) is 13.7. The van der Waals surface area contributed by atoms with Gasteiger partial charge in [0, 0.05) is 5.69 Å². The van der Waals surface area contributed by atoms with Crippen molar-refractivity contribution in [2.75, 3.05) is 5.32 Å². The number of fused-ring (bicyclic) bond motifs is 1. The summed E-state index contributed by atoms with van der Waals surface area (Å²) in [5.41, 5.74) is 1.75. The van der Waals surface area contributed by atoms with E-state index < -0.39 is 18.0 Å². The molecule has 0 fully saturated rings. The summed E-state index contributed by atoms with van der Waals surface area (Å²) in [5.74, 6) is -0.921. The fourth-order valence-electron chi connectivity index (χ4n) is 2.72. The van der Waals surface area contributed by atoms with Crippen LogP contribution < -0.4 is 5.32 Å². The molecular weight excluding hydrogens is 340 g/mol. The molecule has 0 aliphatic carbocycles. The predicted molar refractivity (Wildman–Crippen MR) is 103 cm³/mol. The number of anilines is 1. The van der Waals surface area contributed by atoms with Gasteiger partial charge in [-0.05, 0) is 41.5 Å². The van der Waals surface area contributed by atoms with Crippen molar-refractivity contribution < 1.29 is 14.3 Å². The Morgan fingerprint density at radius 1 is 1.04 bits per heavy atom. The number of esters is 1. The smallest absolute Gasteiger partial charge is 0.311 e. The summed E-state index contributed by atoms with van der Waals surface area (Å²) in [6.07, 6.45) is -0.851. The number of amides is 1. The lowest BCUT2D eigenvalue weighted by atomic mass is 10.1. The van der Waals surface area contributed by atoms with Crippen LogP contribution in [0.25, 0.3) is 10.8 Å². The SMILES string of the molecule is C[C@H](OC(=O)Cc1ccc2ccccc2c1)C(=O)Nc1cccc(C#N)c1. The van der Waals surface area contributed by atoms with Crippen LogP contribution in [0.2, 0.25) is 0 Å². The molecule has 0 saturated heterocycles. The van der Waals surface area contributed by atoms with E-state index in [-0.39, 0.29) is 6.42 Å². The van der Waals surface area contributed by atoms with Crippen molar-refractivity contribution in [1.82, 2.24) is 0 Å². The van der Waals surface area contributed by atoms with Gasteiger partial charge in [-0.2, -0.15) is 5.26 Å². The highest BCUT2D eigenvalue weighted by Crippen LogP contribution is 2.16. The second-order valence-electron chi connectivity index (χ2n) is 6.17. The van der Waals surface area contributed by atoms with Crippen LogP contribution in [0.1, 0.15) is 18.1 Å². The van der Waals surface area contributed by atoms with Crippen LogP contribution in [-0.4, -0.2) is 18.0 Å². The van der Waals surface area contributed by atoms with E-state index in [4.69, 9.17) is 10.00 Å². The number of nitrogens with one attached hydrogen (secondary N) is 1. The molecule has 3 aromatic carbocycles. The zero-order valence-corrected chi connectivity index (χ0v) is 14.8. The second kappa shape index (κ2) is 8.15. The van der Waals surface area contributed by atoms with Crippen molar-refractivity contribution in [3.63, 3.8) is 0 Å². The van der Waals surface area contributed by atoms with Crippen molar-refractivity contribution in [3.05, 3.63) is 77.9 Å². The molecule has 0 saturated carbocycles. The van der Waals surface area contributed by atoms with E-state index in [1.54, 1.807) is 24.3 Å². The Hall–Kier alpha value is -3.65. The molecule has 0 aliphatic heterocycles. The first-order valence-electron chi connectivity index (χ1n) is 8.53. The normalized spacial score (nSPS) is 11.4. The number of nitriles is 1. The predicted octanol–water partition coefficient (Wildman–Crippen LogP) is 3.82. The molecule has 1 N–H and O–H groups in total. The average molecular weight is 358 g/mol. The van der Waals surface area contributed by atoms with Gasteiger partial charge in [-0.15, -0.1) is 0 Å². The Kier molecular flexibility index (Phi) is 5.48. The fraction of sp³-hybridized carbons (Fsp3) is 0.136. The van der Waals surface area contributed by atoms with E-state index in [1.807, 2.05) is 48.5 Å². The van der Waals surface area contributed by atoms with Gasteiger partial charge in [0.2, 0.25) is 0 Å². The van der Waals surface area contributed by atoms with E-state index >= 15 is 0 Å². The summed E-state index contributed by atoms with van der Waals surface area (Å²) in [6, 6.07) is 22.2. The molecule has 0 aromatic heterocycles. The third-order valence-electron chi connectivity index (χ3n) is 4.10. The van der Waals surface area contributed by atoms with E-state index in [0.29, 0.717) is 11.3 Å². The largest absolute Gasteiger partial charge is 0.452 e. The molecule has 0 aliphatic rings. The lowest BCUT2D eigenvalue weighted by molar-refractivity contribution is -0.152.